The fraction of sp³-hybridized carbons (Fsp3) is 0.812. The summed E-state index contributed by atoms with van der Waals surface area (Å²) in [5, 5.41) is 2.76. The maximum absolute atomic E-state index is 11.8. The van der Waals surface area contributed by atoms with Crippen molar-refractivity contribution in [2.24, 2.45) is 5.92 Å². The van der Waals surface area contributed by atoms with E-state index in [0.717, 1.165) is 25.9 Å². The molecule has 1 aliphatic rings. The van der Waals surface area contributed by atoms with Crippen molar-refractivity contribution in [3.8, 4) is 0 Å². The van der Waals surface area contributed by atoms with Crippen LogP contribution in [0.25, 0.3) is 0 Å². The fourth-order valence-corrected chi connectivity index (χ4v) is 2.24. The van der Waals surface area contributed by atoms with Crippen LogP contribution in [0.15, 0.2) is 12.7 Å². The number of hydrogen-bond acceptors (Lipinski definition) is 4. The maximum atomic E-state index is 11.8. The number of alkyl carbamates (subject to hydrolysis) is 1. The molecule has 1 aliphatic heterocycles. The van der Waals surface area contributed by atoms with Crippen molar-refractivity contribution in [1.29, 1.82) is 0 Å². The number of nitrogens with zero attached hydrogens (tertiary/aromatic N) is 1. The van der Waals surface area contributed by atoms with Gasteiger partial charge in [-0.05, 0) is 59.7 Å². The second kappa shape index (κ2) is 8.39. The van der Waals surface area contributed by atoms with Gasteiger partial charge in [-0.2, -0.15) is 0 Å². The Labute approximate surface area is 128 Å². The zero-order valence-electron chi connectivity index (χ0n) is 13.9. The molecule has 21 heavy (non-hydrogen) atoms. The van der Waals surface area contributed by atoms with Crippen molar-refractivity contribution in [1.82, 2.24) is 10.2 Å². The third-order valence-corrected chi connectivity index (χ3v) is 3.43. The number of ether oxygens (including phenoxy) is 2. The Morgan fingerprint density at radius 3 is 2.57 bits per heavy atom. The van der Waals surface area contributed by atoms with Gasteiger partial charge in [0.2, 0.25) is 0 Å². The molecule has 122 valence electrons. The zero-order chi connectivity index (χ0) is 15.9. The summed E-state index contributed by atoms with van der Waals surface area (Å²) >= 11 is 0. The number of carbonyl (C=O) groups is 1. The molecule has 0 saturated carbocycles. The molecule has 0 spiro atoms. The number of hydrogen-bond donors (Lipinski definition) is 1. The second-order valence-corrected chi connectivity index (χ2v) is 6.74. The highest BCUT2D eigenvalue weighted by molar-refractivity contribution is 5.67. The molecule has 0 radical (unpaired) electrons. The molecule has 5 nitrogen and oxygen atoms in total. The van der Waals surface area contributed by atoms with Gasteiger partial charge in [-0.3, -0.25) is 5.32 Å². The molecule has 0 aliphatic carbocycles. The van der Waals surface area contributed by atoms with Crippen molar-refractivity contribution in [3.05, 3.63) is 12.7 Å². The molecule has 1 fully saturated rings. The Kier molecular flexibility index (Phi) is 7.18. The van der Waals surface area contributed by atoms with Crippen LogP contribution in [-0.2, 0) is 9.47 Å². The molecular formula is C16H30N2O3. The van der Waals surface area contributed by atoms with Gasteiger partial charge in [0.15, 0.2) is 0 Å². The van der Waals surface area contributed by atoms with E-state index in [1.807, 2.05) is 20.8 Å². The first kappa shape index (κ1) is 18.0. The Hall–Kier alpha value is -1.07. The van der Waals surface area contributed by atoms with Crippen molar-refractivity contribution in [2.45, 2.75) is 51.9 Å². The van der Waals surface area contributed by atoms with Gasteiger partial charge in [-0.25, -0.2) is 4.79 Å². The second-order valence-electron chi connectivity index (χ2n) is 6.74. The van der Waals surface area contributed by atoms with Gasteiger partial charge in [0.05, 0.1) is 6.61 Å². The van der Waals surface area contributed by atoms with Crippen molar-refractivity contribution < 1.29 is 14.3 Å². The number of rotatable bonds is 6. The molecule has 0 aromatic rings. The van der Waals surface area contributed by atoms with Gasteiger partial charge in [0.1, 0.15) is 11.8 Å². The lowest BCUT2D eigenvalue weighted by Gasteiger charge is -2.30. The molecular weight excluding hydrogens is 268 g/mol. The zero-order valence-corrected chi connectivity index (χ0v) is 13.9. The molecule has 1 heterocycles. The van der Waals surface area contributed by atoms with Crippen LogP contribution in [0.5, 0.6) is 0 Å². The molecule has 1 N–H and O–H groups in total. The molecule has 0 bridgehead atoms. The van der Waals surface area contributed by atoms with Crippen LogP contribution in [-0.4, -0.2) is 49.6 Å². The largest absolute Gasteiger partial charge is 0.444 e. The first-order valence-electron chi connectivity index (χ1n) is 7.70. The van der Waals surface area contributed by atoms with Gasteiger partial charge in [-0.15, -0.1) is 6.58 Å². The summed E-state index contributed by atoms with van der Waals surface area (Å²) in [5.41, 5.74) is -0.503. The monoisotopic (exact) mass is 298 g/mol. The quantitative estimate of drug-likeness (QED) is 0.605. The summed E-state index contributed by atoms with van der Waals surface area (Å²) in [6.07, 6.45) is 3.80. The average molecular weight is 298 g/mol. The summed E-state index contributed by atoms with van der Waals surface area (Å²) < 4.78 is 11.1. The number of carbonyl (C=O) groups excluding carboxylic acids is 1. The van der Waals surface area contributed by atoms with Gasteiger partial charge in [-0.1, -0.05) is 6.08 Å². The van der Waals surface area contributed by atoms with Crippen LogP contribution in [0.1, 0.15) is 40.0 Å². The lowest BCUT2D eigenvalue weighted by atomic mass is 9.98. The van der Waals surface area contributed by atoms with Crippen molar-refractivity contribution >= 4 is 6.09 Å². The highest BCUT2D eigenvalue weighted by Gasteiger charge is 2.21. The van der Waals surface area contributed by atoms with Gasteiger partial charge in [0, 0.05) is 6.42 Å². The number of amides is 1. The van der Waals surface area contributed by atoms with Crippen LogP contribution in [0.2, 0.25) is 0 Å². The number of likely N-dealkylation sites (tertiary alicyclic amines) is 1. The minimum atomic E-state index is -0.503. The molecule has 0 aromatic heterocycles. The third-order valence-electron chi connectivity index (χ3n) is 3.43. The van der Waals surface area contributed by atoms with Crippen LogP contribution in [0.4, 0.5) is 4.79 Å². The Morgan fingerprint density at radius 1 is 1.43 bits per heavy atom. The number of nitrogens with one attached hydrogen (secondary N) is 1. The van der Waals surface area contributed by atoms with E-state index in [1.165, 1.54) is 0 Å². The average Bonchev–Trinajstić information content (AvgIpc) is 2.35. The van der Waals surface area contributed by atoms with E-state index in [1.54, 1.807) is 6.08 Å². The topological polar surface area (TPSA) is 50.8 Å². The smallest absolute Gasteiger partial charge is 0.409 e. The molecule has 1 atom stereocenters. The first-order valence-corrected chi connectivity index (χ1v) is 7.70. The first-order chi connectivity index (χ1) is 9.80. The van der Waals surface area contributed by atoms with E-state index in [2.05, 4.69) is 23.8 Å². The van der Waals surface area contributed by atoms with E-state index in [9.17, 15) is 4.79 Å². The molecule has 1 amide bonds. The normalized spacial score (nSPS) is 19.0. The Bertz CT molecular complexity index is 331. The minimum absolute atomic E-state index is 0.364. The maximum Gasteiger partial charge on any atom is 0.409 e. The van der Waals surface area contributed by atoms with Crippen LogP contribution < -0.4 is 5.32 Å². The van der Waals surface area contributed by atoms with Gasteiger partial charge in [0.25, 0.3) is 0 Å². The molecule has 1 saturated heterocycles. The van der Waals surface area contributed by atoms with Crippen molar-refractivity contribution in [2.75, 3.05) is 26.7 Å². The van der Waals surface area contributed by atoms with Gasteiger partial charge >= 0.3 is 6.09 Å². The van der Waals surface area contributed by atoms with Crippen LogP contribution >= 0.6 is 0 Å². The van der Waals surface area contributed by atoms with E-state index in [0.29, 0.717) is 18.9 Å². The standard InChI is InChI=1S/C16H30N2O3/c1-6-7-14(17-15(19)21-16(2,3)4)20-12-13-8-10-18(5)11-9-13/h6,13-14H,1,7-12H2,2-5H3,(H,17,19). The highest BCUT2D eigenvalue weighted by Crippen LogP contribution is 2.17. The Balaban J connectivity index is 2.35. The Morgan fingerprint density at radius 2 is 2.05 bits per heavy atom. The van der Waals surface area contributed by atoms with Crippen molar-refractivity contribution in [3.63, 3.8) is 0 Å². The summed E-state index contributed by atoms with van der Waals surface area (Å²) in [6.45, 7) is 12.1. The lowest BCUT2D eigenvalue weighted by molar-refractivity contribution is -0.0126. The SMILES string of the molecule is C=CCC(NC(=O)OC(C)(C)C)OCC1CCN(C)CC1. The molecule has 1 unspecified atom stereocenters. The summed E-state index contributed by atoms with van der Waals surface area (Å²) in [4.78, 5) is 14.1. The van der Waals surface area contributed by atoms with E-state index in [4.69, 9.17) is 9.47 Å². The predicted octanol–water partition coefficient (Wildman–Crippen LogP) is 2.77. The highest BCUT2D eigenvalue weighted by atomic mass is 16.6. The predicted molar refractivity (Wildman–Crippen MR) is 84.1 cm³/mol. The summed E-state index contributed by atoms with van der Waals surface area (Å²) in [7, 11) is 2.14. The lowest BCUT2D eigenvalue weighted by Crippen LogP contribution is -2.41. The molecule has 1 rings (SSSR count). The number of piperidine rings is 1. The van der Waals surface area contributed by atoms with E-state index < -0.39 is 11.7 Å². The summed E-state index contributed by atoms with van der Waals surface area (Å²) in [5.74, 6) is 0.564. The fourth-order valence-electron chi connectivity index (χ4n) is 2.24. The van der Waals surface area contributed by atoms with Crippen LogP contribution in [0, 0.1) is 5.92 Å². The minimum Gasteiger partial charge on any atom is -0.444 e. The van der Waals surface area contributed by atoms with Gasteiger partial charge < -0.3 is 14.4 Å². The molecule has 5 heteroatoms. The summed E-state index contributed by atoms with van der Waals surface area (Å²) in [6, 6.07) is 0. The molecule has 0 aromatic carbocycles. The van der Waals surface area contributed by atoms with E-state index in [-0.39, 0.29) is 6.23 Å². The van der Waals surface area contributed by atoms with E-state index >= 15 is 0 Å². The third kappa shape index (κ3) is 8.07. The van der Waals surface area contributed by atoms with Crippen LogP contribution in [0.3, 0.4) is 0 Å².